The van der Waals surface area contributed by atoms with Crippen molar-refractivity contribution >= 4 is 43.5 Å². The SMILES string of the molecule is Fc1cc(OCC=C(Br)Br)cc(F)c1OCCCCCl. The molecule has 0 saturated carbocycles. The summed E-state index contributed by atoms with van der Waals surface area (Å²) in [6.07, 6.45) is 3.04. The van der Waals surface area contributed by atoms with Gasteiger partial charge < -0.3 is 9.47 Å². The first-order valence-electron chi connectivity index (χ1n) is 5.86. The molecule has 0 radical (unpaired) electrons. The van der Waals surface area contributed by atoms with Crippen LogP contribution in [0.4, 0.5) is 8.78 Å². The quantitative estimate of drug-likeness (QED) is 0.404. The third kappa shape index (κ3) is 6.41. The first-order valence-corrected chi connectivity index (χ1v) is 7.98. The minimum Gasteiger partial charge on any atom is -0.489 e. The predicted molar refractivity (Wildman–Crippen MR) is 83.2 cm³/mol. The summed E-state index contributed by atoms with van der Waals surface area (Å²) in [5.41, 5.74) is 0. The molecule has 0 bridgehead atoms. The van der Waals surface area contributed by atoms with Crippen molar-refractivity contribution in [2.45, 2.75) is 12.8 Å². The second kappa shape index (κ2) is 9.58. The van der Waals surface area contributed by atoms with Crippen molar-refractivity contribution < 1.29 is 18.3 Å². The van der Waals surface area contributed by atoms with Gasteiger partial charge in [-0.25, -0.2) is 8.78 Å². The topological polar surface area (TPSA) is 18.5 Å². The summed E-state index contributed by atoms with van der Waals surface area (Å²) in [5, 5.41) is 0. The van der Waals surface area contributed by atoms with Crippen LogP contribution < -0.4 is 9.47 Å². The molecule has 0 amide bonds. The number of rotatable bonds is 8. The second-order valence-electron chi connectivity index (χ2n) is 3.77. The number of unbranched alkanes of at least 4 members (excludes halogenated alkanes) is 1. The number of benzene rings is 1. The zero-order valence-electron chi connectivity index (χ0n) is 10.5. The van der Waals surface area contributed by atoms with Gasteiger partial charge in [-0.15, -0.1) is 11.6 Å². The van der Waals surface area contributed by atoms with E-state index in [4.69, 9.17) is 21.1 Å². The van der Waals surface area contributed by atoms with Crippen LogP contribution in [0.3, 0.4) is 0 Å². The molecule has 0 aliphatic carbocycles. The third-order valence-corrected chi connectivity index (χ3v) is 3.15. The smallest absolute Gasteiger partial charge is 0.190 e. The number of hydrogen-bond acceptors (Lipinski definition) is 2. The van der Waals surface area contributed by atoms with Gasteiger partial charge in [0, 0.05) is 18.0 Å². The standard InChI is InChI=1S/C13H13Br2ClF2O2/c14-12(15)3-6-19-9-7-10(17)13(11(18)8-9)20-5-2-1-4-16/h3,7-8H,1-2,4-6H2. The van der Waals surface area contributed by atoms with Gasteiger partial charge >= 0.3 is 0 Å². The van der Waals surface area contributed by atoms with Crippen LogP contribution in [-0.2, 0) is 0 Å². The lowest BCUT2D eigenvalue weighted by Gasteiger charge is -2.10. The lowest BCUT2D eigenvalue weighted by atomic mass is 10.3. The second-order valence-corrected chi connectivity index (χ2v) is 6.92. The van der Waals surface area contributed by atoms with Crippen LogP contribution in [-0.4, -0.2) is 19.1 Å². The molecule has 0 atom stereocenters. The van der Waals surface area contributed by atoms with E-state index in [2.05, 4.69) is 31.9 Å². The summed E-state index contributed by atoms with van der Waals surface area (Å²) in [5.74, 6) is -1.35. The van der Waals surface area contributed by atoms with Gasteiger partial charge in [-0.2, -0.15) is 0 Å². The fraction of sp³-hybridized carbons (Fsp3) is 0.385. The normalized spacial score (nSPS) is 10.2. The summed E-state index contributed by atoms with van der Waals surface area (Å²) >= 11 is 11.8. The van der Waals surface area contributed by atoms with Crippen LogP contribution in [0.5, 0.6) is 11.5 Å². The molecule has 0 N–H and O–H groups in total. The van der Waals surface area contributed by atoms with Gasteiger partial charge in [0.15, 0.2) is 17.4 Å². The van der Waals surface area contributed by atoms with Gasteiger partial charge in [0.1, 0.15) is 12.4 Å². The van der Waals surface area contributed by atoms with Gasteiger partial charge in [0.05, 0.1) is 10.00 Å². The largest absolute Gasteiger partial charge is 0.489 e. The Labute approximate surface area is 138 Å². The maximum atomic E-state index is 13.7. The average Bonchev–Trinajstić information content (AvgIpc) is 2.36. The first-order chi connectivity index (χ1) is 9.54. The monoisotopic (exact) mass is 432 g/mol. The minimum absolute atomic E-state index is 0.102. The fourth-order valence-corrected chi connectivity index (χ4v) is 1.78. The molecule has 0 fully saturated rings. The molecule has 20 heavy (non-hydrogen) atoms. The molecule has 112 valence electrons. The van der Waals surface area contributed by atoms with Crippen molar-refractivity contribution in [3.63, 3.8) is 0 Å². The van der Waals surface area contributed by atoms with Crippen LogP contribution in [0.1, 0.15) is 12.8 Å². The Hall–Kier alpha value is -0.330. The van der Waals surface area contributed by atoms with E-state index in [1.165, 1.54) is 0 Å². The maximum absolute atomic E-state index is 13.7. The Morgan fingerprint density at radius 3 is 2.35 bits per heavy atom. The van der Waals surface area contributed by atoms with E-state index in [-0.39, 0.29) is 24.7 Å². The fourth-order valence-electron chi connectivity index (χ4n) is 1.33. The highest BCUT2D eigenvalue weighted by Crippen LogP contribution is 2.27. The van der Waals surface area contributed by atoms with Crippen LogP contribution >= 0.6 is 43.5 Å². The molecule has 0 heterocycles. The van der Waals surface area contributed by atoms with Crippen LogP contribution in [0.2, 0.25) is 0 Å². The number of alkyl halides is 1. The van der Waals surface area contributed by atoms with E-state index in [0.717, 1.165) is 18.6 Å². The molecular weight excluding hydrogens is 421 g/mol. The zero-order chi connectivity index (χ0) is 15.0. The molecule has 0 aliphatic heterocycles. The van der Waals surface area contributed by atoms with Crippen LogP contribution in [0, 0.1) is 11.6 Å². The number of hydrogen-bond donors (Lipinski definition) is 0. The van der Waals surface area contributed by atoms with Crippen molar-refractivity contribution in [2.24, 2.45) is 0 Å². The van der Waals surface area contributed by atoms with Crippen molar-refractivity contribution in [1.82, 2.24) is 0 Å². The summed E-state index contributed by atoms with van der Waals surface area (Å²) in [6.45, 7) is 0.403. The summed E-state index contributed by atoms with van der Waals surface area (Å²) in [4.78, 5) is 0. The lowest BCUT2D eigenvalue weighted by molar-refractivity contribution is 0.275. The van der Waals surface area contributed by atoms with E-state index in [1.54, 1.807) is 6.08 Å². The Kier molecular flexibility index (Phi) is 8.49. The highest BCUT2D eigenvalue weighted by atomic mass is 79.9. The van der Waals surface area contributed by atoms with Crippen molar-refractivity contribution in [3.8, 4) is 11.5 Å². The summed E-state index contributed by atoms with van der Waals surface area (Å²) < 4.78 is 38.4. The van der Waals surface area contributed by atoms with Gasteiger partial charge in [-0.3, -0.25) is 0 Å². The van der Waals surface area contributed by atoms with E-state index < -0.39 is 11.6 Å². The predicted octanol–water partition coefficient (Wildman–Crippen LogP) is 5.37. The molecule has 2 nitrogen and oxygen atoms in total. The first kappa shape index (κ1) is 17.7. The molecule has 1 aromatic carbocycles. The molecule has 1 rings (SSSR count). The molecule has 0 aromatic heterocycles. The Morgan fingerprint density at radius 1 is 1.15 bits per heavy atom. The number of halogens is 5. The Balaban J connectivity index is 2.63. The Bertz CT molecular complexity index is 443. The van der Waals surface area contributed by atoms with Gasteiger partial charge in [0.25, 0.3) is 0 Å². The van der Waals surface area contributed by atoms with Crippen molar-refractivity contribution in [3.05, 3.63) is 33.2 Å². The molecule has 0 unspecified atom stereocenters. The van der Waals surface area contributed by atoms with E-state index >= 15 is 0 Å². The molecule has 7 heteroatoms. The van der Waals surface area contributed by atoms with Crippen LogP contribution in [0.15, 0.2) is 21.6 Å². The molecular formula is C13H13Br2ClF2O2. The summed E-state index contributed by atoms with van der Waals surface area (Å²) in [6, 6.07) is 2.19. The van der Waals surface area contributed by atoms with Crippen LogP contribution in [0.25, 0.3) is 0 Å². The Morgan fingerprint density at radius 2 is 1.80 bits per heavy atom. The van der Waals surface area contributed by atoms with Crippen molar-refractivity contribution in [2.75, 3.05) is 19.1 Å². The highest BCUT2D eigenvalue weighted by molar-refractivity contribution is 9.28. The summed E-state index contributed by atoms with van der Waals surface area (Å²) in [7, 11) is 0. The van der Waals surface area contributed by atoms with E-state index in [1.807, 2.05) is 0 Å². The van der Waals surface area contributed by atoms with Gasteiger partial charge in [-0.05, 0) is 50.8 Å². The molecule has 0 saturated heterocycles. The number of ether oxygens (including phenoxy) is 2. The average molecular weight is 435 g/mol. The molecule has 1 aromatic rings. The van der Waals surface area contributed by atoms with Crippen molar-refractivity contribution in [1.29, 1.82) is 0 Å². The minimum atomic E-state index is -0.784. The van der Waals surface area contributed by atoms with Gasteiger partial charge in [-0.1, -0.05) is 0 Å². The van der Waals surface area contributed by atoms with Gasteiger partial charge in [0.2, 0.25) is 0 Å². The maximum Gasteiger partial charge on any atom is 0.190 e. The van der Waals surface area contributed by atoms with E-state index in [0.29, 0.717) is 15.7 Å². The highest BCUT2D eigenvalue weighted by Gasteiger charge is 2.13. The zero-order valence-corrected chi connectivity index (χ0v) is 14.4. The third-order valence-electron chi connectivity index (χ3n) is 2.23. The molecule has 0 spiro atoms. The lowest BCUT2D eigenvalue weighted by Crippen LogP contribution is -2.03. The molecule has 0 aliphatic rings. The van der Waals surface area contributed by atoms with E-state index in [9.17, 15) is 8.78 Å².